The molecule has 0 bridgehead atoms. The van der Waals surface area contributed by atoms with Gasteiger partial charge in [0, 0.05) is 31.2 Å². The molecular formula is C9H12ClN5O2S. The molecule has 0 aliphatic carbocycles. The predicted octanol–water partition coefficient (Wildman–Crippen LogP) is 1.48. The molecule has 1 aromatic rings. The van der Waals surface area contributed by atoms with E-state index < -0.39 is 5.03 Å². The number of rotatable bonds is 3. The Labute approximate surface area is 113 Å². The zero-order valence-electron chi connectivity index (χ0n) is 9.74. The van der Waals surface area contributed by atoms with Gasteiger partial charge in [-0.05, 0) is 6.42 Å². The summed E-state index contributed by atoms with van der Waals surface area (Å²) < 4.78 is 0.475. The number of hydrogen-bond acceptors (Lipinski definition) is 4. The van der Waals surface area contributed by atoms with Crippen molar-refractivity contribution in [3.8, 4) is 0 Å². The molecule has 9 heteroatoms. The summed E-state index contributed by atoms with van der Waals surface area (Å²) in [5.41, 5.74) is 0. The number of hydrazone groups is 1. The number of halogens is 1. The van der Waals surface area contributed by atoms with Crippen molar-refractivity contribution in [1.82, 2.24) is 14.8 Å². The first kappa shape index (κ1) is 13.0. The van der Waals surface area contributed by atoms with E-state index in [2.05, 4.69) is 10.1 Å². The summed E-state index contributed by atoms with van der Waals surface area (Å²) in [4.78, 5) is 19.1. The molecule has 1 aliphatic heterocycles. The first-order chi connectivity index (χ1) is 8.56. The summed E-state index contributed by atoms with van der Waals surface area (Å²) in [5, 5.41) is 13.3. The van der Waals surface area contributed by atoms with Crippen molar-refractivity contribution in [3.63, 3.8) is 0 Å². The molecule has 0 atom stereocenters. The molecule has 0 saturated carbocycles. The Morgan fingerprint density at radius 1 is 1.67 bits per heavy atom. The normalized spacial score (nSPS) is 18.4. The second-order valence-corrected chi connectivity index (χ2v) is 5.61. The highest BCUT2D eigenvalue weighted by atomic mass is 35.5. The third-order valence-electron chi connectivity index (χ3n) is 2.59. The first-order valence-corrected chi connectivity index (χ1v) is 6.55. The Hall–Kier alpha value is -1.41. The van der Waals surface area contributed by atoms with Crippen molar-refractivity contribution >= 4 is 28.9 Å². The van der Waals surface area contributed by atoms with E-state index >= 15 is 0 Å². The molecule has 0 N–H and O–H groups in total. The van der Waals surface area contributed by atoms with Gasteiger partial charge in [0.2, 0.25) is 0 Å². The van der Waals surface area contributed by atoms with Crippen molar-refractivity contribution in [2.24, 2.45) is 5.10 Å². The van der Waals surface area contributed by atoms with Crippen molar-refractivity contribution in [3.05, 3.63) is 25.7 Å². The van der Waals surface area contributed by atoms with E-state index in [0.29, 0.717) is 17.0 Å². The smallest absolute Gasteiger partial charge is 0.274 e. The van der Waals surface area contributed by atoms with Crippen LogP contribution in [0.5, 0.6) is 0 Å². The lowest BCUT2D eigenvalue weighted by Crippen LogP contribution is -2.48. The summed E-state index contributed by atoms with van der Waals surface area (Å²) >= 11 is 7.14. The quantitative estimate of drug-likeness (QED) is 0.622. The van der Waals surface area contributed by atoms with Gasteiger partial charge in [-0.25, -0.2) is 15.1 Å². The van der Waals surface area contributed by atoms with Gasteiger partial charge >= 0.3 is 0 Å². The molecule has 1 saturated heterocycles. The van der Waals surface area contributed by atoms with E-state index in [0.717, 1.165) is 24.4 Å². The SMILES string of the molecule is CN1CCCN(Cc2cnc(Cl)s2)/C1=N/[N+](=O)[O-]. The minimum absolute atomic E-state index is 0.385. The molecule has 1 aliphatic rings. The van der Waals surface area contributed by atoms with Gasteiger partial charge in [0.05, 0.1) is 6.54 Å². The molecule has 0 amide bonds. The number of aromatic nitrogens is 1. The standard InChI is InChI=1S/C9H12ClN5O2S/c1-13-3-2-4-14(9(13)12-15(16)17)6-7-5-11-8(10)18-7/h5H,2-4,6H2,1H3/b12-9+. The highest BCUT2D eigenvalue weighted by Gasteiger charge is 2.24. The fourth-order valence-electron chi connectivity index (χ4n) is 1.85. The van der Waals surface area contributed by atoms with E-state index in [-0.39, 0.29) is 0 Å². The zero-order valence-corrected chi connectivity index (χ0v) is 11.3. The fraction of sp³-hybridized carbons (Fsp3) is 0.556. The second-order valence-electron chi connectivity index (χ2n) is 3.91. The Kier molecular flexibility index (Phi) is 3.97. The Balaban J connectivity index is 2.15. The summed E-state index contributed by atoms with van der Waals surface area (Å²) in [6.45, 7) is 2.06. The van der Waals surface area contributed by atoms with Crippen LogP contribution >= 0.6 is 22.9 Å². The highest BCUT2D eigenvalue weighted by Crippen LogP contribution is 2.21. The lowest BCUT2D eigenvalue weighted by molar-refractivity contribution is -0.486. The van der Waals surface area contributed by atoms with Crippen LogP contribution < -0.4 is 0 Å². The van der Waals surface area contributed by atoms with E-state index in [4.69, 9.17) is 11.6 Å². The van der Waals surface area contributed by atoms with Crippen LogP contribution in [0.25, 0.3) is 0 Å². The molecular weight excluding hydrogens is 278 g/mol. The number of guanidine groups is 1. The van der Waals surface area contributed by atoms with Gasteiger partial charge in [0.15, 0.2) is 9.50 Å². The average molecular weight is 290 g/mol. The van der Waals surface area contributed by atoms with E-state index in [1.54, 1.807) is 18.1 Å². The third kappa shape index (κ3) is 3.08. The van der Waals surface area contributed by atoms with E-state index in [1.807, 2.05) is 4.90 Å². The van der Waals surface area contributed by atoms with E-state index in [9.17, 15) is 10.1 Å². The zero-order chi connectivity index (χ0) is 13.1. The monoisotopic (exact) mass is 289 g/mol. The van der Waals surface area contributed by atoms with Crippen LogP contribution in [0.15, 0.2) is 11.3 Å². The Morgan fingerprint density at radius 2 is 2.44 bits per heavy atom. The molecule has 98 valence electrons. The maximum Gasteiger partial charge on any atom is 0.274 e. The van der Waals surface area contributed by atoms with Gasteiger partial charge in [0.1, 0.15) is 5.10 Å². The Morgan fingerprint density at radius 3 is 3.06 bits per heavy atom. The van der Waals surface area contributed by atoms with Gasteiger partial charge in [-0.1, -0.05) is 11.6 Å². The molecule has 18 heavy (non-hydrogen) atoms. The topological polar surface area (TPSA) is 74.9 Å². The molecule has 0 radical (unpaired) electrons. The highest BCUT2D eigenvalue weighted by molar-refractivity contribution is 7.15. The molecule has 2 rings (SSSR count). The van der Waals surface area contributed by atoms with Gasteiger partial charge in [-0.2, -0.15) is 0 Å². The summed E-state index contributed by atoms with van der Waals surface area (Å²) in [6, 6.07) is 0. The van der Waals surface area contributed by atoms with Crippen LogP contribution in [-0.4, -0.2) is 45.9 Å². The fourth-order valence-corrected chi connectivity index (χ4v) is 2.84. The number of hydrogen-bond donors (Lipinski definition) is 0. The first-order valence-electron chi connectivity index (χ1n) is 5.35. The van der Waals surface area contributed by atoms with Gasteiger partial charge in [-0.15, -0.1) is 11.3 Å². The third-order valence-corrected chi connectivity index (χ3v) is 3.69. The maximum absolute atomic E-state index is 10.5. The Bertz CT molecular complexity index is 477. The van der Waals surface area contributed by atoms with Crippen molar-refractivity contribution in [2.75, 3.05) is 20.1 Å². The van der Waals surface area contributed by atoms with Crippen molar-refractivity contribution in [1.29, 1.82) is 0 Å². The summed E-state index contributed by atoms with van der Waals surface area (Å²) in [5.74, 6) is 0.385. The molecule has 1 fully saturated rings. The van der Waals surface area contributed by atoms with Crippen LogP contribution in [0, 0.1) is 10.1 Å². The average Bonchev–Trinajstić information content (AvgIpc) is 2.69. The minimum atomic E-state index is -0.663. The maximum atomic E-state index is 10.5. The second kappa shape index (κ2) is 5.49. The van der Waals surface area contributed by atoms with Crippen LogP contribution in [-0.2, 0) is 6.54 Å². The predicted molar refractivity (Wildman–Crippen MR) is 69.2 cm³/mol. The van der Waals surface area contributed by atoms with Crippen LogP contribution in [0.2, 0.25) is 4.47 Å². The molecule has 0 spiro atoms. The molecule has 0 unspecified atom stereocenters. The molecule has 1 aromatic heterocycles. The van der Waals surface area contributed by atoms with Gasteiger partial charge < -0.3 is 9.80 Å². The molecule has 7 nitrogen and oxygen atoms in total. The number of nitro groups is 1. The van der Waals surface area contributed by atoms with E-state index in [1.165, 1.54) is 11.3 Å². The lowest BCUT2D eigenvalue weighted by atomic mass is 10.3. The van der Waals surface area contributed by atoms with Crippen molar-refractivity contribution < 1.29 is 5.03 Å². The van der Waals surface area contributed by atoms with Gasteiger partial charge in [-0.3, -0.25) is 0 Å². The number of nitrogens with zero attached hydrogens (tertiary/aromatic N) is 5. The van der Waals surface area contributed by atoms with Crippen LogP contribution in [0.1, 0.15) is 11.3 Å². The summed E-state index contributed by atoms with van der Waals surface area (Å²) in [7, 11) is 1.80. The van der Waals surface area contributed by atoms with Crippen LogP contribution in [0.4, 0.5) is 0 Å². The number of thiazole rings is 1. The summed E-state index contributed by atoms with van der Waals surface area (Å²) in [6.07, 6.45) is 2.63. The van der Waals surface area contributed by atoms with Gasteiger partial charge in [0.25, 0.3) is 5.96 Å². The minimum Gasteiger partial charge on any atom is -0.341 e. The molecule has 0 aromatic carbocycles. The molecule has 2 heterocycles. The van der Waals surface area contributed by atoms with Crippen LogP contribution in [0.3, 0.4) is 0 Å². The lowest BCUT2D eigenvalue weighted by Gasteiger charge is -2.34. The largest absolute Gasteiger partial charge is 0.341 e. The van der Waals surface area contributed by atoms with Crippen molar-refractivity contribution in [2.45, 2.75) is 13.0 Å².